The van der Waals surface area contributed by atoms with Crippen molar-refractivity contribution in [1.29, 1.82) is 0 Å². The van der Waals surface area contributed by atoms with E-state index in [1.54, 1.807) is 0 Å². The van der Waals surface area contributed by atoms with Crippen molar-refractivity contribution >= 4 is 5.69 Å². The van der Waals surface area contributed by atoms with Gasteiger partial charge in [-0.3, -0.25) is 4.90 Å². The van der Waals surface area contributed by atoms with E-state index in [1.807, 2.05) is 18.2 Å². The Morgan fingerprint density at radius 3 is 2.48 bits per heavy atom. The number of para-hydroxylation sites is 1. The van der Waals surface area contributed by atoms with Crippen molar-refractivity contribution in [2.75, 3.05) is 18.4 Å². The first kappa shape index (κ1) is 16.0. The first-order chi connectivity index (χ1) is 11.1. The summed E-state index contributed by atoms with van der Waals surface area (Å²) in [4.78, 5) is 2.37. The highest BCUT2D eigenvalue weighted by atomic mass is 16.3. The maximum Gasteiger partial charge on any atom is 0.0868 e. The van der Waals surface area contributed by atoms with E-state index in [2.05, 4.69) is 60.5 Å². The lowest BCUT2D eigenvalue weighted by Crippen LogP contribution is -2.50. The number of anilines is 1. The number of aliphatic hydroxyl groups excluding tert-OH is 1. The van der Waals surface area contributed by atoms with Crippen molar-refractivity contribution in [3.8, 4) is 0 Å². The Morgan fingerprint density at radius 1 is 1.09 bits per heavy atom. The van der Waals surface area contributed by atoms with Gasteiger partial charge in [-0.05, 0) is 37.5 Å². The van der Waals surface area contributed by atoms with Crippen molar-refractivity contribution in [1.82, 2.24) is 4.90 Å². The minimum atomic E-state index is -0.352. The number of β-amino-alcohol motifs (C(OH)–C–C–N with tert-alkyl or cyclic N) is 1. The standard InChI is InChI=1S/C20H26N2O/c1-15-8-6-7-11-18(15)21-19-12-13-22(14-20(19)23)16(2)17-9-4-3-5-10-17/h3-11,16,19-21,23H,12-14H2,1-2H3/t16?,19-,20-/m1/s1. The molecule has 0 bridgehead atoms. The molecular formula is C20H26N2O. The Bertz CT molecular complexity index is 629. The first-order valence-electron chi connectivity index (χ1n) is 8.44. The summed E-state index contributed by atoms with van der Waals surface area (Å²) in [6.07, 6.45) is 0.599. The van der Waals surface area contributed by atoms with Gasteiger partial charge >= 0.3 is 0 Å². The number of nitrogens with zero attached hydrogens (tertiary/aromatic N) is 1. The molecule has 3 atom stereocenters. The van der Waals surface area contributed by atoms with Gasteiger partial charge in [0.1, 0.15) is 0 Å². The molecule has 3 rings (SSSR count). The van der Waals surface area contributed by atoms with Gasteiger partial charge in [-0.15, -0.1) is 0 Å². The lowest BCUT2D eigenvalue weighted by atomic mass is 9.97. The van der Waals surface area contributed by atoms with Crippen LogP contribution < -0.4 is 5.32 Å². The first-order valence-corrected chi connectivity index (χ1v) is 8.44. The van der Waals surface area contributed by atoms with Crippen molar-refractivity contribution in [2.24, 2.45) is 0 Å². The molecule has 0 spiro atoms. The number of piperidine rings is 1. The molecule has 1 aliphatic heterocycles. The minimum Gasteiger partial charge on any atom is -0.390 e. The number of likely N-dealkylation sites (tertiary alicyclic amines) is 1. The SMILES string of the molecule is Cc1ccccc1N[C@@H]1CCN(C(C)c2ccccc2)C[C@H]1O. The van der Waals surface area contributed by atoms with Crippen molar-refractivity contribution in [2.45, 2.75) is 38.5 Å². The van der Waals surface area contributed by atoms with Crippen LogP contribution >= 0.6 is 0 Å². The van der Waals surface area contributed by atoms with E-state index < -0.39 is 0 Å². The number of rotatable bonds is 4. The lowest BCUT2D eigenvalue weighted by molar-refractivity contribution is 0.0407. The van der Waals surface area contributed by atoms with E-state index in [9.17, 15) is 5.11 Å². The third-order valence-corrected chi connectivity index (χ3v) is 4.93. The summed E-state index contributed by atoms with van der Waals surface area (Å²) < 4.78 is 0. The van der Waals surface area contributed by atoms with Gasteiger partial charge in [0.25, 0.3) is 0 Å². The van der Waals surface area contributed by atoms with Crippen molar-refractivity contribution < 1.29 is 5.11 Å². The van der Waals surface area contributed by atoms with Crippen LogP contribution in [0.1, 0.15) is 30.5 Å². The van der Waals surface area contributed by atoms with Crippen LogP contribution in [-0.2, 0) is 0 Å². The monoisotopic (exact) mass is 310 g/mol. The molecule has 0 aliphatic carbocycles. The highest BCUT2D eigenvalue weighted by Crippen LogP contribution is 2.26. The summed E-state index contributed by atoms with van der Waals surface area (Å²) in [6.45, 7) is 6.02. The summed E-state index contributed by atoms with van der Waals surface area (Å²) in [5.41, 5.74) is 3.66. The van der Waals surface area contributed by atoms with Gasteiger partial charge in [0, 0.05) is 24.8 Å². The molecule has 0 aromatic heterocycles. The van der Waals surface area contributed by atoms with E-state index in [4.69, 9.17) is 0 Å². The Balaban J connectivity index is 1.62. The Labute approximate surface area is 139 Å². The second kappa shape index (κ2) is 7.16. The third-order valence-electron chi connectivity index (χ3n) is 4.93. The molecule has 1 aliphatic rings. The molecule has 2 aromatic carbocycles. The zero-order chi connectivity index (χ0) is 16.2. The average Bonchev–Trinajstić information content (AvgIpc) is 2.58. The Morgan fingerprint density at radius 2 is 1.78 bits per heavy atom. The van der Waals surface area contributed by atoms with Gasteiger partial charge in [0.05, 0.1) is 12.1 Å². The molecule has 1 heterocycles. The van der Waals surface area contributed by atoms with Gasteiger partial charge in [-0.25, -0.2) is 0 Å². The molecule has 122 valence electrons. The van der Waals surface area contributed by atoms with E-state index in [0.29, 0.717) is 12.6 Å². The van der Waals surface area contributed by atoms with Crippen LogP contribution in [0.2, 0.25) is 0 Å². The smallest absolute Gasteiger partial charge is 0.0868 e. The summed E-state index contributed by atoms with van der Waals surface area (Å²) in [7, 11) is 0. The van der Waals surface area contributed by atoms with E-state index >= 15 is 0 Å². The molecule has 3 nitrogen and oxygen atoms in total. The minimum absolute atomic E-state index is 0.121. The number of hydrogen-bond donors (Lipinski definition) is 2. The second-order valence-corrected chi connectivity index (χ2v) is 6.50. The molecule has 1 fully saturated rings. The van der Waals surface area contributed by atoms with Crippen molar-refractivity contribution in [3.05, 3.63) is 65.7 Å². The van der Waals surface area contributed by atoms with E-state index in [-0.39, 0.29) is 12.1 Å². The van der Waals surface area contributed by atoms with Gasteiger partial charge < -0.3 is 10.4 Å². The van der Waals surface area contributed by atoms with Gasteiger partial charge in [-0.1, -0.05) is 48.5 Å². The fourth-order valence-corrected chi connectivity index (χ4v) is 3.35. The molecule has 0 radical (unpaired) electrons. The predicted octanol–water partition coefficient (Wildman–Crippen LogP) is 3.60. The van der Waals surface area contributed by atoms with E-state index in [0.717, 1.165) is 18.7 Å². The molecule has 2 N–H and O–H groups in total. The molecule has 2 aromatic rings. The highest BCUT2D eigenvalue weighted by molar-refractivity contribution is 5.51. The van der Waals surface area contributed by atoms with E-state index in [1.165, 1.54) is 11.1 Å². The summed E-state index contributed by atoms with van der Waals surface area (Å²) in [5.74, 6) is 0. The van der Waals surface area contributed by atoms with Crippen LogP contribution in [0.5, 0.6) is 0 Å². The molecule has 0 saturated carbocycles. The van der Waals surface area contributed by atoms with Crippen LogP contribution in [0.4, 0.5) is 5.69 Å². The van der Waals surface area contributed by atoms with Crippen molar-refractivity contribution in [3.63, 3.8) is 0 Å². The lowest BCUT2D eigenvalue weighted by Gasteiger charge is -2.40. The van der Waals surface area contributed by atoms with Gasteiger partial charge in [0.15, 0.2) is 0 Å². The molecular weight excluding hydrogens is 284 g/mol. The molecule has 1 unspecified atom stereocenters. The number of aliphatic hydroxyl groups is 1. The molecule has 23 heavy (non-hydrogen) atoms. The number of nitrogens with one attached hydrogen (secondary N) is 1. The number of aryl methyl sites for hydroxylation is 1. The average molecular weight is 310 g/mol. The zero-order valence-electron chi connectivity index (χ0n) is 13.9. The maximum atomic E-state index is 10.6. The van der Waals surface area contributed by atoms with Crippen LogP contribution in [0.25, 0.3) is 0 Å². The summed E-state index contributed by atoms with van der Waals surface area (Å²) >= 11 is 0. The van der Waals surface area contributed by atoms with Gasteiger partial charge in [0.2, 0.25) is 0 Å². The second-order valence-electron chi connectivity index (χ2n) is 6.50. The van der Waals surface area contributed by atoms with Gasteiger partial charge in [-0.2, -0.15) is 0 Å². The van der Waals surface area contributed by atoms with Crippen LogP contribution in [0, 0.1) is 6.92 Å². The summed E-state index contributed by atoms with van der Waals surface area (Å²) in [5, 5.41) is 14.1. The highest BCUT2D eigenvalue weighted by Gasteiger charge is 2.30. The normalized spacial score (nSPS) is 23.4. The summed E-state index contributed by atoms with van der Waals surface area (Å²) in [6, 6.07) is 19.2. The Kier molecular flexibility index (Phi) is 4.99. The van der Waals surface area contributed by atoms with Crippen LogP contribution in [0.3, 0.4) is 0 Å². The molecule has 3 heteroatoms. The zero-order valence-corrected chi connectivity index (χ0v) is 13.9. The number of benzene rings is 2. The van der Waals surface area contributed by atoms with Crippen LogP contribution in [0.15, 0.2) is 54.6 Å². The molecule has 0 amide bonds. The fourth-order valence-electron chi connectivity index (χ4n) is 3.35. The van der Waals surface area contributed by atoms with Crippen LogP contribution in [-0.4, -0.2) is 35.2 Å². The third kappa shape index (κ3) is 3.74. The number of hydrogen-bond acceptors (Lipinski definition) is 3. The predicted molar refractivity (Wildman–Crippen MR) is 95.6 cm³/mol. The fraction of sp³-hybridized carbons (Fsp3) is 0.400. The maximum absolute atomic E-state index is 10.6. The quantitative estimate of drug-likeness (QED) is 0.905. The Hall–Kier alpha value is -1.84. The largest absolute Gasteiger partial charge is 0.390 e. The molecule has 1 saturated heterocycles. The topological polar surface area (TPSA) is 35.5 Å².